The average molecular weight is 505 g/mol. The number of esters is 1. The monoisotopic (exact) mass is 505 g/mol. The van der Waals surface area contributed by atoms with Crippen molar-refractivity contribution < 1.29 is 23.7 Å². The van der Waals surface area contributed by atoms with Crippen molar-refractivity contribution in [3.05, 3.63) is 68.9 Å². The lowest BCUT2D eigenvalue weighted by molar-refractivity contribution is -0.129. The quantitative estimate of drug-likeness (QED) is 0.238. The van der Waals surface area contributed by atoms with Crippen LogP contribution < -0.4 is 14.2 Å². The van der Waals surface area contributed by atoms with Gasteiger partial charge in [0.25, 0.3) is 0 Å². The van der Waals surface area contributed by atoms with Crippen molar-refractivity contribution in [1.82, 2.24) is 0 Å². The molecule has 0 saturated carbocycles. The molecular weight excluding hydrogens is 485 g/mol. The third-order valence-electron chi connectivity index (χ3n) is 3.98. The number of hydrogen-bond donors (Lipinski definition) is 0. The maximum absolute atomic E-state index is 12.3. The van der Waals surface area contributed by atoms with Gasteiger partial charge in [-0.15, -0.1) is 0 Å². The molecule has 150 valence electrons. The predicted molar refractivity (Wildman–Crippen MR) is 120 cm³/mol. The van der Waals surface area contributed by atoms with E-state index in [1.807, 2.05) is 13.0 Å². The second-order valence-corrected chi connectivity index (χ2v) is 7.51. The minimum atomic E-state index is -0.507. The summed E-state index contributed by atoms with van der Waals surface area (Å²) in [7, 11) is 3.16. The smallest absolute Gasteiger partial charge is 0.363 e. The van der Waals surface area contributed by atoms with Gasteiger partial charge in [-0.25, -0.2) is 9.79 Å². The number of rotatable bonds is 7. The van der Waals surface area contributed by atoms with Crippen LogP contribution in [0.4, 0.5) is 0 Å². The molecule has 0 atom stereocenters. The van der Waals surface area contributed by atoms with Crippen LogP contribution in [-0.4, -0.2) is 32.7 Å². The largest absolute Gasteiger partial charge is 0.497 e. The highest BCUT2D eigenvalue weighted by Crippen LogP contribution is 2.35. The van der Waals surface area contributed by atoms with Gasteiger partial charge in [0.15, 0.2) is 17.2 Å². The Morgan fingerprint density at radius 2 is 1.93 bits per heavy atom. The number of ether oxygens (including phenoxy) is 4. The zero-order chi connectivity index (χ0) is 21.0. The Balaban J connectivity index is 1.90. The van der Waals surface area contributed by atoms with E-state index in [9.17, 15) is 4.79 Å². The zero-order valence-corrected chi connectivity index (χ0v) is 18.5. The molecule has 1 aliphatic heterocycles. The molecule has 0 amide bonds. The summed E-state index contributed by atoms with van der Waals surface area (Å²) < 4.78 is 22.5. The fourth-order valence-corrected chi connectivity index (χ4v) is 3.36. The third-order valence-corrected chi connectivity index (χ3v) is 4.78. The van der Waals surface area contributed by atoms with Crippen LogP contribution in [0.3, 0.4) is 0 Å². The van der Waals surface area contributed by atoms with Crippen molar-refractivity contribution in [2.45, 2.75) is 6.92 Å². The number of methoxy groups -OCH3 is 2. The van der Waals surface area contributed by atoms with E-state index in [2.05, 4.69) is 34.2 Å². The van der Waals surface area contributed by atoms with E-state index in [1.165, 1.54) is 0 Å². The number of nitrogens with zero attached hydrogens (tertiary/aromatic N) is 1. The Morgan fingerprint density at radius 1 is 1.21 bits per heavy atom. The fourth-order valence-electron chi connectivity index (χ4n) is 2.58. The molecule has 1 aliphatic rings. The lowest BCUT2D eigenvalue weighted by Crippen LogP contribution is -2.05. The molecule has 0 fully saturated rings. The molecule has 0 aromatic heterocycles. The molecule has 29 heavy (non-hydrogen) atoms. The number of aliphatic imine (C=N–C) groups is 1. The van der Waals surface area contributed by atoms with E-state index < -0.39 is 5.97 Å². The topological polar surface area (TPSA) is 66.3 Å². The molecular formula is C22H20INO5. The van der Waals surface area contributed by atoms with E-state index in [0.717, 1.165) is 14.7 Å². The first-order valence-corrected chi connectivity index (χ1v) is 9.81. The lowest BCUT2D eigenvalue weighted by atomic mass is 10.1. The van der Waals surface area contributed by atoms with Gasteiger partial charge in [-0.1, -0.05) is 6.58 Å². The molecule has 0 unspecified atom stereocenters. The van der Waals surface area contributed by atoms with E-state index in [1.54, 1.807) is 50.6 Å². The molecule has 2 aromatic rings. The van der Waals surface area contributed by atoms with Gasteiger partial charge < -0.3 is 18.9 Å². The molecule has 2 aromatic carbocycles. The third kappa shape index (κ3) is 4.97. The maximum Gasteiger partial charge on any atom is 0.363 e. The summed E-state index contributed by atoms with van der Waals surface area (Å²) in [4.78, 5) is 16.6. The molecule has 0 saturated heterocycles. The summed E-state index contributed by atoms with van der Waals surface area (Å²) >= 11 is 2.17. The minimum Gasteiger partial charge on any atom is -0.497 e. The van der Waals surface area contributed by atoms with Crippen LogP contribution in [-0.2, 0) is 9.53 Å². The van der Waals surface area contributed by atoms with Crippen molar-refractivity contribution in [1.29, 1.82) is 0 Å². The highest BCUT2D eigenvalue weighted by molar-refractivity contribution is 14.1. The van der Waals surface area contributed by atoms with Crippen LogP contribution in [0.5, 0.6) is 17.2 Å². The van der Waals surface area contributed by atoms with Gasteiger partial charge in [0, 0.05) is 5.56 Å². The number of cyclic esters (lactones) is 1. The molecule has 0 aliphatic carbocycles. The maximum atomic E-state index is 12.3. The summed E-state index contributed by atoms with van der Waals surface area (Å²) in [5.41, 5.74) is 2.56. The summed E-state index contributed by atoms with van der Waals surface area (Å²) in [5, 5.41) is 0. The van der Waals surface area contributed by atoms with Crippen molar-refractivity contribution in [2.24, 2.45) is 4.99 Å². The first-order chi connectivity index (χ1) is 13.9. The highest BCUT2D eigenvalue weighted by Gasteiger charge is 2.24. The second kappa shape index (κ2) is 9.13. The molecule has 6 nitrogen and oxygen atoms in total. The summed E-state index contributed by atoms with van der Waals surface area (Å²) in [6.45, 7) is 6.13. The Labute approximate surface area is 183 Å². The second-order valence-electron chi connectivity index (χ2n) is 6.34. The molecule has 3 rings (SSSR count). The molecule has 0 bridgehead atoms. The van der Waals surface area contributed by atoms with Crippen LogP contribution in [0.2, 0.25) is 0 Å². The van der Waals surface area contributed by atoms with Crippen molar-refractivity contribution in [3.63, 3.8) is 0 Å². The van der Waals surface area contributed by atoms with Crippen molar-refractivity contribution in [3.8, 4) is 17.2 Å². The van der Waals surface area contributed by atoms with E-state index >= 15 is 0 Å². The summed E-state index contributed by atoms with van der Waals surface area (Å²) in [6.07, 6.45) is 1.66. The van der Waals surface area contributed by atoms with E-state index in [4.69, 9.17) is 18.9 Å². The van der Waals surface area contributed by atoms with Gasteiger partial charge in [-0.2, -0.15) is 0 Å². The standard InChI is InChI=1S/C22H20INO5/c1-13(2)12-28-20-17(23)9-14(11-19(20)27-4)10-18-22(25)29-21(24-18)15-5-7-16(26-3)8-6-15/h5-11H,1,12H2,2-4H3/b18-10-. The number of benzene rings is 2. The zero-order valence-electron chi connectivity index (χ0n) is 16.3. The van der Waals surface area contributed by atoms with Gasteiger partial charge >= 0.3 is 5.97 Å². The summed E-state index contributed by atoms with van der Waals surface area (Å²) in [6, 6.07) is 10.8. The van der Waals surface area contributed by atoms with Crippen LogP contribution in [0.1, 0.15) is 18.1 Å². The molecule has 1 heterocycles. The average Bonchev–Trinajstić information content (AvgIpc) is 3.07. The molecule has 0 spiro atoms. The van der Waals surface area contributed by atoms with Crippen LogP contribution in [0.25, 0.3) is 6.08 Å². The van der Waals surface area contributed by atoms with Crippen LogP contribution in [0.15, 0.2) is 59.2 Å². The SMILES string of the molecule is C=C(C)COc1c(I)cc(/C=C2\N=C(c3ccc(OC)cc3)OC2=O)cc1OC. The summed E-state index contributed by atoms with van der Waals surface area (Å²) in [5.74, 6) is 1.66. The highest BCUT2D eigenvalue weighted by atomic mass is 127. The lowest BCUT2D eigenvalue weighted by Gasteiger charge is -2.13. The Kier molecular flexibility index (Phi) is 6.58. The van der Waals surface area contributed by atoms with Gasteiger partial charge in [0.2, 0.25) is 5.90 Å². The van der Waals surface area contributed by atoms with Crippen LogP contribution >= 0.6 is 22.6 Å². The first kappa shape index (κ1) is 20.9. The fraction of sp³-hybridized carbons (Fsp3) is 0.182. The Hall–Kier alpha value is -2.81. The molecule has 0 radical (unpaired) electrons. The molecule has 0 N–H and O–H groups in total. The van der Waals surface area contributed by atoms with E-state index in [0.29, 0.717) is 29.4 Å². The number of halogens is 1. The van der Waals surface area contributed by atoms with Gasteiger partial charge in [-0.05, 0) is 83.1 Å². The van der Waals surface area contributed by atoms with Crippen molar-refractivity contribution >= 4 is 40.5 Å². The Bertz CT molecular complexity index is 1010. The number of hydrogen-bond acceptors (Lipinski definition) is 6. The number of carbonyl (C=O) groups is 1. The normalized spacial score (nSPS) is 14.4. The predicted octanol–water partition coefficient (Wildman–Crippen LogP) is 4.61. The van der Waals surface area contributed by atoms with Crippen LogP contribution in [0, 0.1) is 3.57 Å². The van der Waals surface area contributed by atoms with Gasteiger partial charge in [0.1, 0.15) is 12.4 Å². The van der Waals surface area contributed by atoms with Crippen molar-refractivity contribution in [2.75, 3.05) is 20.8 Å². The first-order valence-electron chi connectivity index (χ1n) is 8.73. The van der Waals surface area contributed by atoms with Gasteiger partial charge in [-0.3, -0.25) is 0 Å². The van der Waals surface area contributed by atoms with E-state index in [-0.39, 0.29) is 11.6 Å². The Morgan fingerprint density at radius 3 is 2.55 bits per heavy atom. The van der Waals surface area contributed by atoms with Gasteiger partial charge in [0.05, 0.1) is 17.8 Å². The molecule has 7 heteroatoms. The minimum absolute atomic E-state index is 0.212. The number of carbonyl (C=O) groups excluding carboxylic acids is 1.